The first-order chi connectivity index (χ1) is 10.6. The fourth-order valence-corrected chi connectivity index (χ4v) is 3.47. The molecule has 4 nitrogen and oxygen atoms in total. The molecule has 0 radical (unpaired) electrons. The van der Waals surface area contributed by atoms with Crippen LogP contribution in [-0.2, 0) is 4.79 Å². The third-order valence-electron chi connectivity index (χ3n) is 4.53. The van der Waals surface area contributed by atoms with Gasteiger partial charge in [-0.2, -0.15) is 8.78 Å². The molecule has 3 atom stereocenters. The fraction of sp³-hybridized carbons (Fsp3) is 0.562. The Hall–Kier alpha value is -1.69. The summed E-state index contributed by atoms with van der Waals surface area (Å²) < 4.78 is 28.4. The molecule has 0 spiro atoms. The lowest BCUT2D eigenvalue weighted by Gasteiger charge is -2.24. The van der Waals surface area contributed by atoms with E-state index in [0.29, 0.717) is 17.6 Å². The van der Waals surface area contributed by atoms with Gasteiger partial charge in [0, 0.05) is 11.7 Å². The first kappa shape index (κ1) is 15.2. The molecule has 2 fully saturated rings. The zero-order chi connectivity index (χ0) is 15.5. The summed E-state index contributed by atoms with van der Waals surface area (Å²) in [7, 11) is 0. The zero-order valence-electron chi connectivity index (χ0n) is 12.2. The van der Waals surface area contributed by atoms with E-state index in [9.17, 15) is 13.6 Å². The van der Waals surface area contributed by atoms with Crippen LogP contribution in [-0.4, -0.2) is 24.6 Å². The van der Waals surface area contributed by atoms with Gasteiger partial charge in [-0.15, -0.1) is 0 Å². The molecule has 3 rings (SSSR count). The number of hydrogen-bond donors (Lipinski definition) is 2. The Morgan fingerprint density at radius 3 is 2.64 bits per heavy atom. The van der Waals surface area contributed by atoms with Gasteiger partial charge in [-0.3, -0.25) is 4.79 Å². The van der Waals surface area contributed by atoms with Crippen LogP contribution < -0.4 is 15.4 Å². The molecule has 22 heavy (non-hydrogen) atoms. The summed E-state index contributed by atoms with van der Waals surface area (Å²) in [5, 5.41) is 6.24. The maximum Gasteiger partial charge on any atom is 0.387 e. The summed E-state index contributed by atoms with van der Waals surface area (Å²) in [6.45, 7) is -2.84. The Labute approximate surface area is 128 Å². The minimum atomic E-state index is -2.84. The van der Waals surface area contributed by atoms with E-state index in [0.717, 1.165) is 12.8 Å². The highest BCUT2D eigenvalue weighted by Crippen LogP contribution is 2.33. The van der Waals surface area contributed by atoms with Gasteiger partial charge in [0.2, 0.25) is 5.91 Å². The van der Waals surface area contributed by atoms with Crippen molar-refractivity contribution in [2.75, 3.05) is 5.32 Å². The number of halogens is 2. The van der Waals surface area contributed by atoms with Gasteiger partial charge in [-0.05, 0) is 49.4 Å². The van der Waals surface area contributed by atoms with Crippen LogP contribution in [0.1, 0.15) is 32.1 Å². The topological polar surface area (TPSA) is 50.4 Å². The minimum absolute atomic E-state index is 0.0584. The van der Waals surface area contributed by atoms with Gasteiger partial charge in [-0.25, -0.2) is 0 Å². The van der Waals surface area contributed by atoms with Crippen molar-refractivity contribution in [2.45, 2.75) is 50.8 Å². The number of carbonyl (C=O) groups is 1. The predicted molar refractivity (Wildman–Crippen MR) is 79.0 cm³/mol. The van der Waals surface area contributed by atoms with E-state index in [1.807, 2.05) is 0 Å². The van der Waals surface area contributed by atoms with Gasteiger partial charge in [-0.1, -0.05) is 12.8 Å². The summed E-state index contributed by atoms with van der Waals surface area (Å²) in [6.07, 6.45) is 5.70. The number of carbonyl (C=O) groups excluding carboxylic acids is 1. The lowest BCUT2D eigenvalue weighted by atomic mass is 9.85. The summed E-state index contributed by atoms with van der Waals surface area (Å²) >= 11 is 0. The van der Waals surface area contributed by atoms with Gasteiger partial charge in [0.15, 0.2) is 0 Å². The molecule has 2 N–H and O–H groups in total. The Bertz CT molecular complexity index is 507. The number of rotatable bonds is 4. The fourth-order valence-electron chi connectivity index (χ4n) is 3.47. The normalized spacial score (nSPS) is 27.5. The number of hydrogen-bond acceptors (Lipinski definition) is 3. The van der Waals surface area contributed by atoms with Crippen LogP contribution in [0.3, 0.4) is 0 Å². The largest absolute Gasteiger partial charge is 0.435 e. The van der Waals surface area contributed by atoms with E-state index in [4.69, 9.17) is 0 Å². The third-order valence-corrected chi connectivity index (χ3v) is 4.53. The first-order valence-electron chi connectivity index (χ1n) is 7.73. The molecule has 1 aliphatic carbocycles. The quantitative estimate of drug-likeness (QED) is 0.898. The third kappa shape index (κ3) is 3.55. The van der Waals surface area contributed by atoms with Crippen LogP contribution in [0.4, 0.5) is 14.5 Å². The molecule has 1 aliphatic heterocycles. The Morgan fingerprint density at radius 2 is 1.95 bits per heavy atom. The molecule has 3 unspecified atom stereocenters. The molecule has 1 aromatic carbocycles. The SMILES string of the molecule is O=C(Nc1ccc(OC(F)F)cc1)C1CC2CCCCC2N1. The van der Waals surface area contributed by atoms with E-state index in [2.05, 4.69) is 15.4 Å². The maximum absolute atomic E-state index is 12.3. The van der Waals surface area contributed by atoms with E-state index in [1.165, 1.54) is 31.4 Å². The average molecular weight is 310 g/mol. The molecule has 1 aromatic rings. The molecule has 0 aromatic heterocycles. The molecule has 0 bridgehead atoms. The number of alkyl halides is 2. The molecule has 2 aliphatic rings. The second-order valence-corrected chi connectivity index (χ2v) is 6.00. The van der Waals surface area contributed by atoms with Crippen LogP contribution in [0.2, 0.25) is 0 Å². The second kappa shape index (κ2) is 6.60. The van der Waals surface area contributed by atoms with Gasteiger partial charge in [0.1, 0.15) is 5.75 Å². The number of anilines is 1. The van der Waals surface area contributed by atoms with Crippen molar-refractivity contribution in [3.8, 4) is 5.75 Å². The molecule has 1 amide bonds. The highest BCUT2D eigenvalue weighted by Gasteiger charge is 2.38. The maximum atomic E-state index is 12.3. The average Bonchev–Trinajstić information content (AvgIpc) is 2.93. The molecular weight excluding hydrogens is 290 g/mol. The van der Waals surface area contributed by atoms with Crippen molar-refractivity contribution in [2.24, 2.45) is 5.92 Å². The van der Waals surface area contributed by atoms with Crippen molar-refractivity contribution in [1.29, 1.82) is 0 Å². The van der Waals surface area contributed by atoms with E-state index >= 15 is 0 Å². The number of ether oxygens (including phenoxy) is 1. The van der Waals surface area contributed by atoms with Crippen molar-refractivity contribution < 1.29 is 18.3 Å². The Morgan fingerprint density at radius 1 is 1.23 bits per heavy atom. The predicted octanol–water partition coefficient (Wildman–Crippen LogP) is 3.15. The van der Waals surface area contributed by atoms with Crippen molar-refractivity contribution in [1.82, 2.24) is 5.32 Å². The highest BCUT2D eigenvalue weighted by atomic mass is 19.3. The van der Waals surface area contributed by atoms with E-state index < -0.39 is 6.61 Å². The van der Waals surface area contributed by atoms with Crippen LogP contribution in [0.25, 0.3) is 0 Å². The smallest absolute Gasteiger partial charge is 0.387 e. The number of benzene rings is 1. The number of nitrogens with one attached hydrogen (secondary N) is 2. The molecule has 1 saturated carbocycles. The Kier molecular flexibility index (Phi) is 4.57. The van der Waals surface area contributed by atoms with E-state index in [-0.39, 0.29) is 17.7 Å². The molecule has 1 heterocycles. The van der Waals surface area contributed by atoms with Crippen LogP contribution in [0, 0.1) is 5.92 Å². The van der Waals surface area contributed by atoms with Crippen molar-refractivity contribution >= 4 is 11.6 Å². The standard InChI is InChI=1S/C16H20F2N2O2/c17-16(18)22-12-7-5-11(6-8-12)19-15(21)14-9-10-3-1-2-4-13(10)20-14/h5-8,10,13-14,16,20H,1-4,9H2,(H,19,21). The molecule has 6 heteroatoms. The van der Waals surface area contributed by atoms with E-state index in [1.54, 1.807) is 12.1 Å². The van der Waals surface area contributed by atoms with Gasteiger partial charge in [0.05, 0.1) is 6.04 Å². The zero-order valence-corrected chi connectivity index (χ0v) is 12.2. The summed E-state index contributed by atoms with van der Waals surface area (Å²) in [5.41, 5.74) is 0.586. The Balaban J connectivity index is 1.55. The van der Waals surface area contributed by atoms with Crippen LogP contribution in [0.5, 0.6) is 5.75 Å². The summed E-state index contributed by atoms with van der Waals surface area (Å²) in [4.78, 5) is 12.3. The van der Waals surface area contributed by atoms with Crippen LogP contribution >= 0.6 is 0 Å². The van der Waals surface area contributed by atoms with Crippen molar-refractivity contribution in [3.63, 3.8) is 0 Å². The monoisotopic (exact) mass is 310 g/mol. The van der Waals surface area contributed by atoms with Gasteiger partial charge < -0.3 is 15.4 Å². The molecule has 120 valence electrons. The molecular formula is C16H20F2N2O2. The first-order valence-corrected chi connectivity index (χ1v) is 7.73. The van der Waals surface area contributed by atoms with Crippen molar-refractivity contribution in [3.05, 3.63) is 24.3 Å². The number of fused-ring (bicyclic) bond motifs is 1. The summed E-state index contributed by atoms with van der Waals surface area (Å²) in [5.74, 6) is 0.626. The highest BCUT2D eigenvalue weighted by molar-refractivity contribution is 5.95. The number of amides is 1. The second-order valence-electron chi connectivity index (χ2n) is 6.00. The molecule has 1 saturated heterocycles. The lowest BCUT2D eigenvalue weighted by molar-refractivity contribution is -0.117. The van der Waals surface area contributed by atoms with Gasteiger partial charge >= 0.3 is 6.61 Å². The summed E-state index contributed by atoms with van der Waals surface area (Å²) in [6, 6.07) is 6.28. The lowest BCUT2D eigenvalue weighted by Crippen LogP contribution is -2.39. The van der Waals surface area contributed by atoms with Gasteiger partial charge in [0.25, 0.3) is 0 Å². The van der Waals surface area contributed by atoms with Crippen LogP contribution in [0.15, 0.2) is 24.3 Å². The minimum Gasteiger partial charge on any atom is -0.435 e.